The van der Waals surface area contributed by atoms with E-state index in [0.717, 1.165) is 5.56 Å². The normalized spacial score (nSPS) is 18.9. The summed E-state index contributed by atoms with van der Waals surface area (Å²) in [5.74, 6) is -0.263. The Morgan fingerprint density at radius 3 is 2.60 bits per heavy atom. The summed E-state index contributed by atoms with van der Waals surface area (Å²) < 4.78 is 18.6. The van der Waals surface area contributed by atoms with Crippen molar-refractivity contribution in [1.29, 1.82) is 0 Å². The van der Waals surface area contributed by atoms with Gasteiger partial charge >= 0.3 is 6.03 Å². The van der Waals surface area contributed by atoms with Gasteiger partial charge in [0.1, 0.15) is 11.9 Å². The molecule has 1 aromatic rings. The molecule has 0 bridgehead atoms. The molecule has 110 valence electrons. The van der Waals surface area contributed by atoms with Crippen LogP contribution in [0, 0.1) is 5.82 Å². The molecule has 0 aliphatic carbocycles. The van der Waals surface area contributed by atoms with E-state index in [2.05, 4.69) is 0 Å². The van der Waals surface area contributed by atoms with Gasteiger partial charge in [0.2, 0.25) is 0 Å². The van der Waals surface area contributed by atoms with E-state index in [-0.39, 0.29) is 18.0 Å². The van der Waals surface area contributed by atoms with Gasteiger partial charge in [0.05, 0.1) is 13.2 Å². The lowest BCUT2D eigenvalue weighted by Gasteiger charge is -2.36. The van der Waals surface area contributed by atoms with Crippen LogP contribution in [0.25, 0.3) is 0 Å². The second kappa shape index (κ2) is 6.70. The summed E-state index contributed by atoms with van der Waals surface area (Å²) in [6.07, 6.45) is -0.177. The highest BCUT2D eigenvalue weighted by molar-refractivity contribution is 5.74. The maximum atomic E-state index is 12.9. The monoisotopic (exact) mass is 280 g/mol. The predicted octanol–water partition coefficient (Wildman–Crippen LogP) is 2.66. The third-order valence-electron chi connectivity index (χ3n) is 3.61. The summed E-state index contributed by atoms with van der Waals surface area (Å²) in [5, 5.41) is 0. The molecular formula is C15H21FN2O2. The number of halogens is 1. The average Bonchev–Trinajstić information content (AvgIpc) is 2.49. The van der Waals surface area contributed by atoms with Crippen LogP contribution in [0.5, 0.6) is 0 Å². The van der Waals surface area contributed by atoms with Crippen LogP contribution in [0.3, 0.4) is 0 Å². The molecule has 1 heterocycles. The molecule has 1 atom stereocenters. The Kier molecular flexibility index (Phi) is 4.95. The first-order chi connectivity index (χ1) is 9.65. The second-order valence-corrected chi connectivity index (χ2v) is 4.81. The van der Waals surface area contributed by atoms with Crippen molar-refractivity contribution in [3.63, 3.8) is 0 Å². The third-order valence-corrected chi connectivity index (χ3v) is 3.61. The molecule has 2 amide bonds. The largest absolute Gasteiger partial charge is 0.370 e. The van der Waals surface area contributed by atoms with Gasteiger partial charge in [0.15, 0.2) is 0 Å². The van der Waals surface area contributed by atoms with Crippen LogP contribution in [0.15, 0.2) is 24.3 Å². The summed E-state index contributed by atoms with van der Waals surface area (Å²) in [5.41, 5.74) is 0.906. The highest BCUT2D eigenvalue weighted by Crippen LogP contribution is 2.23. The van der Waals surface area contributed by atoms with E-state index >= 15 is 0 Å². The Bertz CT molecular complexity index is 446. The molecule has 0 radical (unpaired) electrons. The maximum Gasteiger partial charge on any atom is 0.320 e. The predicted molar refractivity (Wildman–Crippen MR) is 75.0 cm³/mol. The lowest BCUT2D eigenvalue weighted by molar-refractivity contribution is -0.0202. The van der Waals surface area contributed by atoms with E-state index in [0.29, 0.717) is 32.8 Å². The van der Waals surface area contributed by atoms with E-state index < -0.39 is 0 Å². The van der Waals surface area contributed by atoms with Gasteiger partial charge in [-0.05, 0) is 31.5 Å². The number of rotatable bonds is 3. The van der Waals surface area contributed by atoms with Gasteiger partial charge in [0.25, 0.3) is 0 Å². The Labute approximate surface area is 119 Å². The van der Waals surface area contributed by atoms with E-state index in [9.17, 15) is 9.18 Å². The summed E-state index contributed by atoms with van der Waals surface area (Å²) >= 11 is 0. The fourth-order valence-corrected chi connectivity index (χ4v) is 2.40. The molecule has 1 aliphatic heterocycles. The summed E-state index contributed by atoms with van der Waals surface area (Å²) in [4.78, 5) is 15.9. The van der Waals surface area contributed by atoms with Crippen molar-refractivity contribution in [2.24, 2.45) is 0 Å². The number of hydrogen-bond acceptors (Lipinski definition) is 2. The average molecular weight is 280 g/mol. The van der Waals surface area contributed by atoms with Crippen molar-refractivity contribution in [2.45, 2.75) is 20.0 Å². The van der Waals surface area contributed by atoms with Crippen molar-refractivity contribution in [2.75, 3.05) is 32.8 Å². The molecule has 20 heavy (non-hydrogen) atoms. The number of morpholine rings is 1. The zero-order chi connectivity index (χ0) is 14.5. The number of carbonyl (C=O) groups excluding carboxylic acids is 1. The topological polar surface area (TPSA) is 32.8 Å². The molecule has 1 saturated heterocycles. The molecule has 1 unspecified atom stereocenters. The zero-order valence-corrected chi connectivity index (χ0v) is 12.0. The highest BCUT2D eigenvalue weighted by atomic mass is 19.1. The fraction of sp³-hybridized carbons (Fsp3) is 0.533. The van der Waals surface area contributed by atoms with Crippen LogP contribution >= 0.6 is 0 Å². The number of hydrogen-bond donors (Lipinski definition) is 0. The molecule has 1 aliphatic rings. The quantitative estimate of drug-likeness (QED) is 0.852. The molecule has 0 spiro atoms. The molecule has 1 aromatic carbocycles. The van der Waals surface area contributed by atoms with Crippen molar-refractivity contribution in [3.8, 4) is 0 Å². The van der Waals surface area contributed by atoms with Crippen molar-refractivity contribution < 1.29 is 13.9 Å². The van der Waals surface area contributed by atoms with Crippen molar-refractivity contribution >= 4 is 6.03 Å². The molecular weight excluding hydrogens is 259 g/mol. The van der Waals surface area contributed by atoms with Gasteiger partial charge in [-0.1, -0.05) is 12.1 Å². The number of nitrogens with zero attached hydrogens (tertiary/aromatic N) is 2. The SMILES string of the molecule is CCN(CC)C(=O)N1CCOC(c2ccc(F)cc2)C1. The smallest absolute Gasteiger partial charge is 0.320 e. The minimum absolute atomic E-state index is 0.0467. The number of benzene rings is 1. The zero-order valence-electron chi connectivity index (χ0n) is 12.0. The summed E-state index contributed by atoms with van der Waals surface area (Å²) in [7, 11) is 0. The Hall–Kier alpha value is -1.62. The van der Waals surface area contributed by atoms with Gasteiger partial charge < -0.3 is 14.5 Å². The summed E-state index contributed by atoms with van der Waals surface area (Å²) in [6, 6.07) is 6.32. The van der Waals surface area contributed by atoms with Crippen LogP contribution in [0.1, 0.15) is 25.5 Å². The highest BCUT2D eigenvalue weighted by Gasteiger charge is 2.27. The number of urea groups is 1. The standard InChI is InChI=1S/C15H21FN2O2/c1-3-17(4-2)15(19)18-9-10-20-14(11-18)12-5-7-13(16)8-6-12/h5-8,14H,3-4,9-11H2,1-2H3. The Morgan fingerprint density at radius 1 is 1.35 bits per heavy atom. The molecule has 4 nitrogen and oxygen atoms in total. The van der Waals surface area contributed by atoms with Crippen LogP contribution in [0.4, 0.5) is 9.18 Å². The van der Waals surface area contributed by atoms with Crippen LogP contribution in [-0.4, -0.2) is 48.6 Å². The van der Waals surface area contributed by atoms with Crippen LogP contribution in [-0.2, 0) is 4.74 Å². The lowest BCUT2D eigenvalue weighted by atomic mass is 10.1. The number of ether oxygens (including phenoxy) is 1. The molecule has 2 rings (SSSR count). The first kappa shape index (κ1) is 14.8. The van der Waals surface area contributed by atoms with Gasteiger partial charge in [-0.3, -0.25) is 0 Å². The number of carbonyl (C=O) groups is 1. The summed E-state index contributed by atoms with van der Waals surface area (Å²) in [6.45, 7) is 6.98. The molecule has 0 N–H and O–H groups in total. The fourth-order valence-electron chi connectivity index (χ4n) is 2.40. The second-order valence-electron chi connectivity index (χ2n) is 4.81. The molecule has 0 aromatic heterocycles. The lowest BCUT2D eigenvalue weighted by Crippen LogP contribution is -2.48. The van der Waals surface area contributed by atoms with Gasteiger partial charge in [-0.25, -0.2) is 9.18 Å². The molecule has 0 saturated carbocycles. The van der Waals surface area contributed by atoms with Crippen molar-refractivity contribution in [1.82, 2.24) is 9.80 Å². The van der Waals surface area contributed by atoms with Crippen molar-refractivity contribution in [3.05, 3.63) is 35.6 Å². The van der Waals surface area contributed by atoms with Gasteiger partial charge in [0, 0.05) is 19.6 Å². The van der Waals surface area contributed by atoms with E-state index in [1.165, 1.54) is 12.1 Å². The molecule has 5 heteroatoms. The van der Waals surface area contributed by atoms with Gasteiger partial charge in [-0.2, -0.15) is 0 Å². The van der Waals surface area contributed by atoms with Crippen LogP contribution in [0.2, 0.25) is 0 Å². The first-order valence-corrected chi connectivity index (χ1v) is 7.06. The number of amides is 2. The van der Waals surface area contributed by atoms with E-state index in [1.54, 1.807) is 17.0 Å². The van der Waals surface area contributed by atoms with Gasteiger partial charge in [-0.15, -0.1) is 0 Å². The minimum atomic E-state index is -0.263. The minimum Gasteiger partial charge on any atom is -0.370 e. The maximum absolute atomic E-state index is 12.9. The Morgan fingerprint density at radius 2 is 2.00 bits per heavy atom. The van der Waals surface area contributed by atoms with E-state index in [4.69, 9.17) is 4.74 Å². The van der Waals surface area contributed by atoms with E-state index in [1.807, 2.05) is 18.7 Å². The Balaban J connectivity index is 2.04. The third kappa shape index (κ3) is 3.28. The van der Waals surface area contributed by atoms with Crippen LogP contribution < -0.4 is 0 Å². The first-order valence-electron chi connectivity index (χ1n) is 7.06. The molecule has 1 fully saturated rings.